The van der Waals surface area contributed by atoms with Gasteiger partial charge in [0.05, 0.1) is 11.4 Å². The highest BCUT2D eigenvalue weighted by Gasteiger charge is 2.29. The van der Waals surface area contributed by atoms with E-state index < -0.39 is 0 Å². The van der Waals surface area contributed by atoms with Gasteiger partial charge in [0.25, 0.3) is 0 Å². The lowest BCUT2D eigenvalue weighted by molar-refractivity contribution is 0.640. The molecule has 0 aromatic heterocycles. The number of nitrogens with zero attached hydrogens (tertiary/aromatic N) is 2. The van der Waals surface area contributed by atoms with Gasteiger partial charge in [-0.3, -0.25) is 0 Å². The summed E-state index contributed by atoms with van der Waals surface area (Å²) < 4.78 is 35.5. The molecule has 0 saturated carbocycles. The number of halogens is 2. The minimum absolute atomic E-state index is 0.353. The summed E-state index contributed by atoms with van der Waals surface area (Å²) in [5.74, 6) is 0.00253. The molecule has 2 nitrogen and oxygen atoms in total. The zero-order valence-electron chi connectivity index (χ0n) is 34.8. The molecule has 0 amide bonds. The molecule has 0 radical (unpaired) electrons. The number of benzene rings is 10. The summed E-state index contributed by atoms with van der Waals surface area (Å²) in [7, 11) is 0. The van der Waals surface area contributed by atoms with Crippen LogP contribution in [0.1, 0.15) is 61.8 Å². The Bertz CT molecular complexity index is 3000. The Morgan fingerprint density at radius 3 is 0.933 bits per heavy atom. The van der Waals surface area contributed by atoms with Gasteiger partial charge in [0.1, 0.15) is 11.6 Å². The maximum absolute atomic E-state index is 17.7. The minimum Gasteiger partial charge on any atom is -0.310 e. The van der Waals surface area contributed by atoms with Gasteiger partial charge in [-0.2, -0.15) is 0 Å². The minimum atomic E-state index is -0.353. The van der Waals surface area contributed by atoms with Crippen molar-refractivity contribution < 1.29 is 8.78 Å². The van der Waals surface area contributed by atoms with Crippen LogP contribution in [0.4, 0.5) is 42.9 Å². The maximum atomic E-state index is 17.7. The molecule has 0 N–H and O–H groups in total. The van der Waals surface area contributed by atoms with Crippen molar-refractivity contribution in [2.45, 2.75) is 53.4 Å². The molecule has 0 aliphatic heterocycles. The highest BCUT2D eigenvalue weighted by atomic mass is 19.1. The van der Waals surface area contributed by atoms with Gasteiger partial charge in [-0.1, -0.05) is 136 Å². The van der Waals surface area contributed by atoms with Gasteiger partial charge in [0.2, 0.25) is 0 Å². The van der Waals surface area contributed by atoms with E-state index in [9.17, 15) is 0 Å². The molecule has 10 aromatic carbocycles. The average molecular weight is 785 g/mol. The van der Waals surface area contributed by atoms with Crippen LogP contribution in [0.25, 0.3) is 53.9 Å². The second kappa shape index (κ2) is 14.5. The molecule has 0 aliphatic rings. The molecule has 0 aliphatic carbocycles. The third-order valence-corrected chi connectivity index (χ3v) is 12.4. The summed E-state index contributed by atoms with van der Waals surface area (Å²) in [6.45, 7) is 12.9. The standard InChI is InChI=1S/C56H46F2N2/c1-33(2)37-19-27-41(28-20-37)59(39-23-15-35(5)16-24-39)49-31-47(57)51-44-12-8-10-14-46(44)54-50(32-48(58)52-43-11-7-9-13-45(43)53(49)55(51)56(52)54)60(40-25-17-36(6)18-26-40)42-29-21-38(22-30-42)34(3)4/h7-34H,1-6H3. The zero-order chi connectivity index (χ0) is 41.4. The predicted octanol–water partition coefficient (Wildman–Crippen LogP) is 17.0. The summed E-state index contributed by atoms with van der Waals surface area (Å²) in [6.07, 6.45) is 0. The molecule has 4 heteroatoms. The third kappa shape index (κ3) is 5.96. The smallest absolute Gasteiger partial charge is 0.133 e. The summed E-state index contributed by atoms with van der Waals surface area (Å²) in [6, 6.07) is 53.4. The van der Waals surface area contributed by atoms with Gasteiger partial charge < -0.3 is 9.80 Å². The second-order valence-corrected chi connectivity index (χ2v) is 16.9. The van der Waals surface area contributed by atoms with E-state index in [1.165, 1.54) is 11.1 Å². The predicted molar refractivity (Wildman–Crippen MR) is 252 cm³/mol. The summed E-state index contributed by atoms with van der Waals surface area (Å²) in [5.41, 5.74) is 9.74. The van der Waals surface area contributed by atoms with E-state index in [1.54, 1.807) is 12.1 Å². The Morgan fingerprint density at radius 1 is 0.350 bits per heavy atom. The summed E-state index contributed by atoms with van der Waals surface area (Å²) in [4.78, 5) is 4.33. The molecule has 294 valence electrons. The first kappa shape index (κ1) is 37.5. The van der Waals surface area contributed by atoms with E-state index in [4.69, 9.17) is 0 Å². The fourth-order valence-electron chi connectivity index (χ4n) is 9.30. The van der Waals surface area contributed by atoms with E-state index in [-0.39, 0.29) is 11.6 Å². The number of aryl methyl sites for hydroxylation is 2. The Kier molecular flexibility index (Phi) is 9.06. The number of hydrogen-bond acceptors (Lipinski definition) is 2. The largest absolute Gasteiger partial charge is 0.310 e. The molecule has 0 saturated heterocycles. The maximum Gasteiger partial charge on any atom is 0.133 e. The molecule has 0 heterocycles. The Hall–Kier alpha value is -6.78. The quantitative estimate of drug-likeness (QED) is 0.112. The molecular weight excluding hydrogens is 739 g/mol. The van der Waals surface area contributed by atoms with Crippen LogP contribution in [-0.4, -0.2) is 0 Å². The topological polar surface area (TPSA) is 6.48 Å². The van der Waals surface area contributed by atoms with Gasteiger partial charge >= 0.3 is 0 Å². The molecule has 10 rings (SSSR count). The van der Waals surface area contributed by atoms with E-state index in [0.717, 1.165) is 66.2 Å². The molecule has 0 bridgehead atoms. The zero-order valence-corrected chi connectivity index (χ0v) is 34.8. The molecule has 60 heavy (non-hydrogen) atoms. The molecular formula is C56H46F2N2. The molecule has 0 atom stereocenters. The highest BCUT2D eigenvalue weighted by Crippen LogP contribution is 2.54. The van der Waals surface area contributed by atoms with Crippen molar-refractivity contribution in [1.29, 1.82) is 0 Å². The third-order valence-electron chi connectivity index (χ3n) is 12.4. The van der Waals surface area contributed by atoms with Crippen LogP contribution in [0, 0.1) is 25.5 Å². The second-order valence-electron chi connectivity index (χ2n) is 16.9. The Morgan fingerprint density at radius 2 is 0.633 bits per heavy atom. The number of fused-ring (bicyclic) bond motifs is 6. The van der Waals surface area contributed by atoms with E-state index in [1.807, 2.05) is 36.4 Å². The fourth-order valence-corrected chi connectivity index (χ4v) is 9.30. The van der Waals surface area contributed by atoms with Gasteiger partial charge in [0, 0.05) is 55.1 Å². The normalized spacial score (nSPS) is 12.0. The summed E-state index contributed by atoms with van der Waals surface area (Å²) in [5, 5.41) is 7.45. The van der Waals surface area contributed by atoms with Gasteiger partial charge in [-0.25, -0.2) is 8.78 Å². The molecule has 10 aromatic rings. The first-order chi connectivity index (χ1) is 29.1. The number of hydrogen-bond donors (Lipinski definition) is 0. The van der Waals surface area contributed by atoms with Crippen LogP contribution in [-0.2, 0) is 0 Å². The number of rotatable bonds is 8. The Balaban J connectivity index is 1.40. The highest BCUT2D eigenvalue weighted by molar-refractivity contribution is 6.43. The molecule has 0 unspecified atom stereocenters. The first-order valence-corrected chi connectivity index (χ1v) is 21.0. The first-order valence-electron chi connectivity index (χ1n) is 21.0. The lowest BCUT2D eigenvalue weighted by Gasteiger charge is -2.31. The van der Waals surface area contributed by atoms with Gasteiger partial charge in [0.15, 0.2) is 0 Å². The van der Waals surface area contributed by atoms with Crippen LogP contribution in [0.3, 0.4) is 0 Å². The van der Waals surface area contributed by atoms with Crippen molar-refractivity contribution >= 4 is 88.0 Å². The molecule has 0 spiro atoms. The van der Waals surface area contributed by atoms with E-state index >= 15 is 8.78 Å². The fraction of sp³-hybridized carbons (Fsp3) is 0.143. The van der Waals surface area contributed by atoms with Crippen LogP contribution in [0.5, 0.6) is 0 Å². The van der Waals surface area contributed by atoms with Crippen molar-refractivity contribution in [1.82, 2.24) is 0 Å². The van der Waals surface area contributed by atoms with Crippen LogP contribution in [0.15, 0.2) is 158 Å². The van der Waals surface area contributed by atoms with Crippen molar-refractivity contribution in [3.8, 4) is 0 Å². The van der Waals surface area contributed by atoms with Crippen molar-refractivity contribution in [3.63, 3.8) is 0 Å². The van der Waals surface area contributed by atoms with Crippen LogP contribution in [0.2, 0.25) is 0 Å². The van der Waals surface area contributed by atoms with Crippen molar-refractivity contribution in [3.05, 3.63) is 192 Å². The van der Waals surface area contributed by atoms with Gasteiger partial charge in [-0.15, -0.1) is 0 Å². The summed E-state index contributed by atoms with van der Waals surface area (Å²) >= 11 is 0. The van der Waals surface area contributed by atoms with Crippen LogP contribution >= 0.6 is 0 Å². The van der Waals surface area contributed by atoms with Crippen molar-refractivity contribution in [2.75, 3.05) is 9.80 Å². The van der Waals surface area contributed by atoms with Gasteiger partial charge in [-0.05, 0) is 119 Å². The number of anilines is 6. The van der Waals surface area contributed by atoms with E-state index in [2.05, 4.69) is 161 Å². The van der Waals surface area contributed by atoms with Crippen molar-refractivity contribution in [2.24, 2.45) is 0 Å². The van der Waals surface area contributed by atoms with E-state index in [0.29, 0.717) is 44.8 Å². The average Bonchev–Trinajstić information content (AvgIpc) is 3.25. The molecule has 0 fully saturated rings. The van der Waals surface area contributed by atoms with Crippen LogP contribution < -0.4 is 9.80 Å². The lowest BCUT2D eigenvalue weighted by Crippen LogP contribution is -2.13. The monoisotopic (exact) mass is 784 g/mol. The lowest BCUT2D eigenvalue weighted by atomic mass is 9.84. The SMILES string of the molecule is Cc1ccc(N(c2ccc(C(C)C)cc2)c2cc(F)c3c4ccccc4c4c(N(c5ccc(C)cc5)c5ccc(C(C)C)cc5)cc(F)c5c6ccccc6c2c3c54)cc1. The Labute approximate surface area is 350 Å².